The maximum atomic E-state index is 12.8. The highest BCUT2D eigenvalue weighted by Gasteiger charge is 2.19. The van der Waals surface area contributed by atoms with Crippen LogP contribution in [0.25, 0.3) is 0 Å². The molecule has 0 aliphatic heterocycles. The minimum absolute atomic E-state index is 0.0633. The standard InChI is InChI=1S/C55H106O6/c1-6-8-9-10-11-12-13-14-15-16-19-25-30-35-40-45-53(56)59-48-52(61-55(58)47-42-37-32-27-20-17-18-23-28-33-38-43-50(3)4)49-60-54(57)46-41-36-31-26-22-21-24-29-34-39-44-51(5)7-2/h50-52H,6-49H2,1-5H3/t51?,52-/m0/s1. The molecule has 0 aliphatic rings. The van der Waals surface area contributed by atoms with E-state index in [9.17, 15) is 14.4 Å². The van der Waals surface area contributed by atoms with Gasteiger partial charge in [0.25, 0.3) is 0 Å². The third kappa shape index (κ3) is 47.7. The lowest BCUT2D eigenvalue weighted by atomic mass is 9.99. The molecule has 0 aromatic carbocycles. The normalized spacial score (nSPS) is 12.5. The average Bonchev–Trinajstić information content (AvgIpc) is 3.24. The summed E-state index contributed by atoms with van der Waals surface area (Å²) in [4.78, 5) is 38.0. The van der Waals surface area contributed by atoms with Crippen LogP contribution in [0.1, 0.15) is 304 Å². The molecule has 0 radical (unpaired) electrons. The van der Waals surface area contributed by atoms with Crippen molar-refractivity contribution in [2.45, 2.75) is 310 Å². The van der Waals surface area contributed by atoms with Gasteiger partial charge in [-0.15, -0.1) is 0 Å². The molecule has 1 unspecified atom stereocenters. The van der Waals surface area contributed by atoms with Crippen molar-refractivity contribution in [2.75, 3.05) is 13.2 Å². The molecule has 0 N–H and O–H groups in total. The van der Waals surface area contributed by atoms with Crippen LogP contribution in [0.2, 0.25) is 0 Å². The average molecular weight is 863 g/mol. The number of esters is 3. The molecule has 6 heteroatoms. The summed E-state index contributed by atoms with van der Waals surface area (Å²) >= 11 is 0. The van der Waals surface area contributed by atoms with Crippen molar-refractivity contribution in [1.29, 1.82) is 0 Å². The summed E-state index contributed by atoms with van der Waals surface area (Å²) in [6, 6.07) is 0. The van der Waals surface area contributed by atoms with Crippen molar-refractivity contribution in [2.24, 2.45) is 11.8 Å². The Morgan fingerprint density at radius 3 is 0.934 bits per heavy atom. The molecule has 0 heterocycles. The van der Waals surface area contributed by atoms with Gasteiger partial charge in [0.2, 0.25) is 0 Å². The molecule has 2 atom stereocenters. The molecular weight excluding hydrogens is 757 g/mol. The molecular formula is C55H106O6. The van der Waals surface area contributed by atoms with Crippen molar-refractivity contribution in [3.8, 4) is 0 Å². The van der Waals surface area contributed by atoms with Crippen molar-refractivity contribution < 1.29 is 28.6 Å². The Balaban J connectivity index is 4.32. The molecule has 0 saturated heterocycles. The first-order valence-electron chi connectivity index (χ1n) is 27.3. The molecule has 362 valence electrons. The van der Waals surface area contributed by atoms with Gasteiger partial charge in [0.05, 0.1) is 0 Å². The van der Waals surface area contributed by atoms with Gasteiger partial charge in [-0.25, -0.2) is 0 Å². The molecule has 0 aliphatic carbocycles. The van der Waals surface area contributed by atoms with Gasteiger partial charge in [0.1, 0.15) is 13.2 Å². The van der Waals surface area contributed by atoms with Crippen LogP contribution >= 0.6 is 0 Å². The minimum Gasteiger partial charge on any atom is -0.462 e. The van der Waals surface area contributed by atoms with Crippen LogP contribution in [0.15, 0.2) is 0 Å². The lowest BCUT2D eigenvalue weighted by Crippen LogP contribution is -2.30. The Morgan fingerprint density at radius 1 is 0.344 bits per heavy atom. The first-order chi connectivity index (χ1) is 29.8. The fourth-order valence-electron chi connectivity index (χ4n) is 8.31. The van der Waals surface area contributed by atoms with Gasteiger partial charge in [-0.3, -0.25) is 14.4 Å². The van der Waals surface area contributed by atoms with Gasteiger partial charge in [-0.2, -0.15) is 0 Å². The zero-order chi connectivity index (χ0) is 44.7. The van der Waals surface area contributed by atoms with Gasteiger partial charge in [0.15, 0.2) is 6.10 Å². The van der Waals surface area contributed by atoms with Crippen LogP contribution in [0.4, 0.5) is 0 Å². The van der Waals surface area contributed by atoms with Crippen LogP contribution in [-0.4, -0.2) is 37.2 Å². The maximum Gasteiger partial charge on any atom is 0.306 e. The maximum absolute atomic E-state index is 12.8. The summed E-state index contributed by atoms with van der Waals surface area (Å²) in [6.45, 7) is 11.4. The number of hydrogen-bond acceptors (Lipinski definition) is 6. The summed E-state index contributed by atoms with van der Waals surface area (Å²) < 4.78 is 16.9. The second kappa shape index (κ2) is 47.9. The smallest absolute Gasteiger partial charge is 0.306 e. The Bertz CT molecular complexity index is 933. The summed E-state index contributed by atoms with van der Waals surface area (Å²) in [6.07, 6.45) is 49.4. The van der Waals surface area contributed by atoms with Gasteiger partial charge < -0.3 is 14.2 Å². The highest BCUT2D eigenvalue weighted by Crippen LogP contribution is 2.18. The molecule has 0 bridgehead atoms. The van der Waals surface area contributed by atoms with Crippen molar-refractivity contribution in [1.82, 2.24) is 0 Å². The fourth-order valence-corrected chi connectivity index (χ4v) is 8.31. The molecule has 6 nitrogen and oxygen atoms in total. The van der Waals surface area contributed by atoms with Crippen LogP contribution in [-0.2, 0) is 28.6 Å². The molecule has 0 aromatic rings. The quantitative estimate of drug-likeness (QED) is 0.0344. The van der Waals surface area contributed by atoms with Crippen molar-refractivity contribution >= 4 is 17.9 Å². The topological polar surface area (TPSA) is 78.9 Å². The predicted octanol–water partition coefficient (Wildman–Crippen LogP) is 17.7. The monoisotopic (exact) mass is 863 g/mol. The lowest BCUT2D eigenvalue weighted by molar-refractivity contribution is -0.167. The van der Waals surface area contributed by atoms with E-state index in [2.05, 4.69) is 34.6 Å². The van der Waals surface area contributed by atoms with E-state index in [4.69, 9.17) is 14.2 Å². The number of rotatable bonds is 49. The van der Waals surface area contributed by atoms with E-state index in [1.807, 2.05) is 0 Å². The Kier molecular flexibility index (Phi) is 46.6. The largest absolute Gasteiger partial charge is 0.462 e. The van der Waals surface area contributed by atoms with E-state index in [1.54, 1.807) is 0 Å². The molecule has 61 heavy (non-hydrogen) atoms. The lowest BCUT2D eigenvalue weighted by Gasteiger charge is -2.18. The zero-order valence-electron chi connectivity index (χ0n) is 41.8. The summed E-state index contributed by atoms with van der Waals surface area (Å²) in [5.74, 6) is 0.850. The molecule has 0 fully saturated rings. The van der Waals surface area contributed by atoms with E-state index in [-0.39, 0.29) is 31.1 Å². The fraction of sp³-hybridized carbons (Fsp3) is 0.945. The zero-order valence-corrected chi connectivity index (χ0v) is 41.8. The van der Waals surface area contributed by atoms with Gasteiger partial charge in [-0.05, 0) is 31.1 Å². The van der Waals surface area contributed by atoms with E-state index in [1.165, 1.54) is 193 Å². The molecule has 0 spiro atoms. The first-order valence-corrected chi connectivity index (χ1v) is 27.3. The predicted molar refractivity (Wildman–Crippen MR) is 261 cm³/mol. The van der Waals surface area contributed by atoms with Crippen LogP contribution in [0.3, 0.4) is 0 Å². The molecule has 0 rings (SSSR count). The second-order valence-electron chi connectivity index (χ2n) is 19.6. The van der Waals surface area contributed by atoms with E-state index in [0.29, 0.717) is 19.3 Å². The van der Waals surface area contributed by atoms with Crippen LogP contribution in [0, 0.1) is 11.8 Å². The number of carbonyl (C=O) groups is 3. The van der Waals surface area contributed by atoms with Gasteiger partial charge in [-0.1, -0.05) is 266 Å². The third-order valence-corrected chi connectivity index (χ3v) is 12.8. The molecule has 0 aromatic heterocycles. The Hall–Kier alpha value is -1.59. The van der Waals surface area contributed by atoms with Crippen LogP contribution < -0.4 is 0 Å². The number of unbranched alkanes of at least 4 members (excludes halogenated alkanes) is 33. The summed E-state index contributed by atoms with van der Waals surface area (Å²) in [5, 5.41) is 0. The molecule has 0 amide bonds. The van der Waals surface area contributed by atoms with Gasteiger partial charge >= 0.3 is 17.9 Å². The Labute approximate surface area is 380 Å². The summed E-state index contributed by atoms with van der Waals surface area (Å²) in [5.41, 5.74) is 0. The highest BCUT2D eigenvalue weighted by molar-refractivity contribution is 5.71. The Morgan fingerprint density at radius 2 is 0.623 bits per heavy atom. The van der Waals surface area contributed by atoms with E-state index >= 15 is 0 Å². The van der Waals surface area contributed by atoms with Crippen molar-refractivity contribution in [3.63, 3.8) is 0 Å². The summed E-state index contributed by atoms with van der Waals surface area (Å²) in [7, 11) is 0. The minimum atomic E-state index is -0.762. The third-order valence-electron chi connectivity index (χ3n) is 12.8. The number of ether oxygens (including phenoxy) is 3. The first kappa shape index (κ1) is 59.4. The van der Waals surface area contributed by atoms with E-state index in [0.717, 1.165) is 69.6 Å². The second-order valence-corrected chi connectivity index (χ2v) is 19.6. The molecule has 0 saturated carbocycles. The highest BCUT2D eigenvalue weighted by atomic mass is 16.6. The van der Waals surface area contributed by atoms with Crippen molar-refractivity contribution in [3.05, 3.63) is 0 Å². The van der Waals surface area contributed by atoms with Crippen LogP contribution in [0.5, 0.6) is 0 Å². The van der Waals surface area contributed by atoms with E-state index < -0.39 is 6.10 Å². The van der Waals surface area contributed by atoms with Gasteiger partial charge in [0, 0.05) is 19.3 Å². The number of carbonyl (C=O) groups excluding carboxylic acids is 3. The SMILES string of the molecule is CCCCCCCCCCCCCCCCCC(=O)OC[C@@H](COC(=O)CCCCCCCCCCCCC(C)CC)OC(=O)CCCCCCCCCCCCCC(C)C. The number of hydrogen-bond donors (Lipinski definition) is 0.